The fraction of sp³-hybridized carbons (Fsp3) is 0.818. The summed E-state index contributed by atoms with van der Waals surface area (Å²) in [5.41, 5.74) is 0. The smallest absolute Gasteiger partial charge is 0.406 e. The van der Waals surface area contributed by atoms with Crippen LogP contribution in [0, 0.1) is 0 Å². The zero-order valence-corrected chi connectivity index (χ0v) is 10.8. The topological polar surface area (TPSA) is 58.6 Å². The van der Waals surface area contributed by atoms with Crippen molar-refractivity contribution in [3.63, 3.8) is 0 Å². The van der Waals surface area contributed by atoms with E-state index in [9.17, 15) is 22.8 Å². The number of nitrogens with zero attached hydrogens (tertiary/aromatic N) is 1. The average Bonchev–Trinajstić information content (AvgIpc) is 2.63. The lowest BCUT2D eigenvalue weighted by atomic mass is 10.1. The van der Waals surface area contributed by atoms with Crippen LogP contribution < -0.4 is 5.32 Å². The van der Waals surface area contributed by atoms with Crippen LogP contribution in [0.2, 0.25) is 0 Å². The van der Waals surface area contributed by atoms with Gasteiger partial charge in [0.1, 0.15) is 12.6 Å². The van der Waals surface area contributed by atoms with Crippen molar-refractivity contribution < 1.29 is 27.5 Å². The number of carbonyl (C=O) groups is 2. The van der Waals surface area contributed by atoms with E-state index in [1.807, 2.05) is 0 Å². The molecule has 1 rings (SSSR count). The maximum absolute atomic E-state index is 12.2. The summed E-state index contributed by atoms with van der Waals surface area (Å²) in [7, 11) is 1.24. The Morgan fingerprint density at radius 3 is 2.68 bits per heavy atom. The van der Waals surface area contributed by atoms with E-state index < -0.39 is 36.7 Å². The Bertz CT molecular complexity index is 347. The van der Waals surface area contributed by atoms with Crippen LogP contribution in [0.15, 0.2) is 0 Å². The predicted molar refractivity (Wildman–Crippen MR) is 60.3 cm³/mol. The Labute approximate surface area is 109 Å². The molecule has 0 radical (unpaired) electrons. The summed E-state index contributed by atoms with van der Waals surface area (Å²) in [5.74, 6) is -1.04. The van der Waals surface area contributed by atoms with Crippen molar-refractivity contribution in [2.75, 3.05) is 20.2 Å². The fourth-order valence-corrected chi connectivity index (χ4v) is 2.03. The molecule has 1 aliphatic rings. The molecule has 19 heavy (non-hydrogen) atoms. The molecule has 0 aliphatic carbocycles. The van der Waals surface area contributed by atoms with E-state index in [0.29, 0.717) is 6.42 Å². The van der Waals surface area contributed by atoms with E-state index in [-0.39, 0.29) is 13.0 Å². The van der Waals surface area contributed by atoms with Gasteiger partial charge in [-0.2, -0.15) is 13.2 Å². The van der Waals surface area contributed by atoms with Crippen molar-refractivity contribution >= 4 is 11.9 Å². The summed E-state index contributed by atoms with van der Waals surface area (Å²) in [4.78, 5) is 23.6. The summed E-state index contributed by atoms with van der Waals surface area (Å²) in [6, 6.07) is -1.06. The summed E-state index contributed by atoms with van der Waals surface area (Å²) in [6.45, 7) is 0.448. The first-order valence-electron chi connectivity index (χ1n) is 5.95. The number of hydrogen-bond acceptors (Lipinski definition) is 4. The predicted octanol–water partition coefficient (Wildman–Crippen LogP) is 0.691. The molecule has 8 heteroatoms. The second-order valence-corrected chi connectivity index (χ2v) is 4.44. The van der Waals surface area contributed by atoms with E-state index in [1.54, 1.807) is 6.92 Å². The summed E-state index contributed by atoms with van der Waals surface area (Å²) in [6.07, 6.45) is -4.00. The number of rotatable bonds is 5. The summed E-state index contributed by atoms with van der Waals surface area (Å²) in [5, 5.41) is 2.86. The highest BCUT2D eigenvalue weighted by atomic mass is 19.4. The first-order chi connectivity index (χ1) is 8.76. The van der Waals surface area contributed by atoms with Gasteiger partial charge in [0.2, 0.25) is 5.91 Å². The molecule has 1 aliphatic heterocycles. The third-order valence-corrected chi connectivity index (χ3v) is 2.92. The fourth-order valence-electron chi connectivity index (χ4n) is 2.03. The standard InChI is InChI=1S/C11H17F3N2O3/c1-3-8(10(18)19-2)15-7-4-9(17)16(5-7)6-11(12,13)14/h7-8,15H,3-6H2,1-2H3. The molecule has 1 fully saturated rings. The molecule has 0 aromatic rings. The van der Waals surface area contributed by atoms with Gasteiger partial charge in [-0.25, -0.2) is 0 Å². The quantitative estimate of drug-likeness (QED) is 0.754. The normalized spacial score (nSPS) is 21.6. The molecular formula is C11H17F3N2O3. The molecule has 0 aromatic carbocycles. The highest BCUT2D eigenvalue weighted by Gasteiger charge is 2.39. The van der Waals surface area contributed by atoms with E-state index in [1.165, 1.54) is 7.11 Å². The van der Waals surface area contributed by atoms with Crippen LogP contribution in [0.1, 0.15) is 19.8 Å². The number of likely N-dealkylation sites (tertiary alicyclic amines) is 1. The van der Waals surface area contributed by atoms with Crippen LogP contribution in [0.4, 0.5) is 13.2 Å². The Kier molecular flexibility index (Phi) is 5.16. The van der Waals surface area contributed by atoms with Crippen molar-refractivity contribution in [2.24, 2.45) is 0 Å². The molecular weight excluding hydrogens is 265 g/mol. The molecule has 1 saturated heterocycles. The van der Waals surface area contributed by atoms with Gasteiger partial charge in [-0.05, 0) is 6.42 Å². The van der Waals surface area contributed by atoms with Gasteiger partial charge in [0.15, 0.2) is 0 Å². The maximum atomic E-state index is 12.2. The largest absolute Gasteiger partial charge is 0.468 e. The van der Waals surface area contributed by atoms with Crippen LogP contribution in [0.5, 0.6) is 0 Å². The summed E-state index contributed by atoms with van der Waals surface area (Å²) < 4.78 is 41.3. The Morgan fingerprint density at radius 2 is 2.21 bits per heavy atom. The average molecular weight is 282 g/mol. The maximum Gasteiger partial charge on any atom is 0.406 e. The number of halogens is 3. The van der Waals surface area contributed by atoms with E-state index in [4.69, 9.17) is 0 Å². The molecule has 5 nitrogen and oxygen atoms in total. The lowest BCUT2D eigenvalue weighted by Crippen LogP contribution is -2.45. The van der Waals surface area contributed by atoms with Crippen molar-refractivity contribution in [1.82, 2.24) is 10.2 Å². The summed E-state index contributed by atoms with van der Waals surface area (Å²) >= 11 is 0. The minimum Gasteiger partial charge on any atom is -0.468 e. The highest BCUT2D eigenvalue weighted by molar-refractivity contribution is 5.80. The molecule has 1 N–H and O–H groups in total. The Balaban J connectivity index is 2.54. The molecule has 110 valence electrons. The monoisotopic (exact) mass is 282 g/mol. The minimum absolute atomic E-state index is 0.0381. The number of amides is 1. The second-order valence-electron chi connectivity index (χ2n) is 4.44. The number of nitrogens with one attached hydrogen (secondary N) is 1. The van der Waals surface area contributed by atoms with Crippen LogP contribution in [-0.4, -0.2) is 55.2 Å². The molecule has 2 unspecified atom stereocenters. The van der Waals surface area contributed by atoms with Crippen molar-refractivity contribution in [3.8, 4) is 0 Å². The van der Waals surface area contributed by atoms with Crippen LogP contribution in [0.3, 0.4) is 0 Å². The first-order valence-corrected chi connectivity index (χ1v) is 5.95. The third-order valence-electron chi connectivity index (χ3n) is 2.92. The van der Waals surface area contributed by atoms with Crippen molar-refractivity contribution in [1.29, 1.82) is 0 Å². The molecule has 2 atom stereocenters. The number of alkyl halides is 3. The minimum atomic E-state index is -4.41. The number of hydrogen-bond donors (Lipinski definition) is 1. The van der Waals surface area contributed by atoms with Gasteiger partial charge in [-0.1, -0.05) is 6.92 Å². The Morgan fingerprint density at radius 1 is 1.58 bits per heavy atom. The van der Waals surface area contributed by atoms with E-state index in [2.05, 4.69) is 10.1 Å². The SMILES string of the molecule is CCC(NC1CC(=O)N(CC(F)(F)F)C1)C(=O)OC. The molecule has 0 aromatic heterocycles. The highest BCUT2D eigenvalue weighted by Crippen LogP contribution is 2.21. The van der Waals surface area contributed by atoms with Crippen molar-refractivity contribution in [3.05, 3.63) is 0 Å². The number of esters is 1. The Hall–Kier alpha value is -1.31. The number of ether oxygens (including phenoxy) is 1. The third kappa shape index (κ3) is 4.70. The number of methoxy groups -OCH3 is 1. The zero-order chi connectivity index (χ0) is 14.6. The molecule has 0 bridgehead atoms. The van der Waals surface area contributed by atoms with Gasteiger partial charge >= 0.3 is 12.1 Å². The lowest BCUT2D eigenvalue weighted by Gasteiger charge is -2.21. The van der Waals surface area contributed by atoms with Gasteiger partial charge in [0.05, 0.1) is 7.11 Å². The van der Waals surface area contributed by atoms with Crippen LogP contribution in [-0.2, 0) is 14.3 Å². The van der Waals surface area contributed by atoms with Gasteiger partial charge in [-0.15, -0.1) is 0 Å². The molecule has 0 saturated carbocycles. The molecule has 1 amide bonds. The van der Waals surface area contributed by atoms with E-state index >= 15 is 0 Å². The second kappa shape index (κ2) is 6.23. The number of carbonyl (C=O) groups excluding carboxylic acids is 2. The van der Waals surface area contributed by atoms with Gasteiger partial charge in [0, 0.05) is 19.0 Å². The van der Waals surface area contributed by atoms with Crippen molar-refractivity contribution in [2.45, 2.75) is 38.0 Å². The van der Waals surface area contributed by atoms with Gasteiger partial charge in [0.25, 0.3) is 0 Å². The van der Waals surface area contributed by atoms with Crippen LogP contribution >= 0.6 is 0 Å². The molecule has 1 heterocycles. The van der Waals surface area contributed by atoms with Gasteiger partial charge in [-0.3, -0.25) is 14.9 Å². The zero-order valence-electron chi connectivity index (χ0n) is 10.8. The van der Waals surface area contributed by atoms with E-state index in [0.717, 1.165) is 4.90 Å². The van der Waals surface area contributed by atoms with Crippen LogP contribution in [0.25, 0.3) is 0 Å². The first kappa shape index (κ1) is 15.7. The lowest BCUT2D eigenvalue weighted by molar-refractivity contribution is -0.157. The molecule has 0 spiro atoms. The van der Waals surface area contributed by atoms with Gasteiger partial charge < -0.3 is 9.64 Å².